The van der Waals surface area contributed by atoms with Crippen molar-refractivity contribution in [2.24, 2.45) is 0 Å². The van der Waals surface area contributed by atoms with E-state index < -0.39 is 0 Å². The summed E-state index contributed by atoms with van der Waals surface area (Å²) in [6.45, 7) is 2.16. The Morgan fingerprint density at radius 1 is 1.18 bits per heavy atom. The molecule has 1 aliphatic carbocycles. The van der Waals surface area contributed by atoms with E-state index in [1.807, 2.05) is 20.2 Å². The Morgan fingerprint density at radius 3 is 2.79 bits per heavy atom. The third-order valence-electron chi connectivity index (χ3n) is 4.36. The van der Waals surface area contributed by atoms with E-state index in [0.717, 1.165) is 41.8 Å². The first-order chi connectivity index (χ1) is 13.0. The van der Waals surface area contributed by atoms with Crippen LogP contribution in [0.3, 0.4) is 0 Å². The highest BCUT2D eigenvalue weighted by Crippen LogP contribution is 2.38. The van der Waals surface area contributed by atoms with Crippen molar-refractivity contribution in [1.29, 1.82) is 0 Å². The van der Waals surface area contributed by atoms with E-state index in [1.165, 1.54) is 6.07 Å². The summed E-state index contributed by atoms with van der Waals surface area (Å²) in [5.41, 5.74) is 1.13. The maximum absolute atomic E-state index is 14.0. The second kappa shape index (κ2) is 9.16. The van der Waals surface area contributed by atoms with Crippen molar-refractivity contribution in [3.8, 4) is 0 Å². The molecule has 0 radical (unpaired) electrons. The molecular weight excluding hydrogens is 436 g/mol. The summed E-state index contributed by atoms with van der Waals surface area (Å²) >= 11 is 9.62. The standard InChI is InChI=1S/C21H19ClFNOS2.ClH/c1-24(2)8-9-25-12-15-7-6-13-4-3-5-18-19(20(13)26-15)16-10-14(23)11-17(22)21(16)27-18;/h3-7,10-11H,8-9,12H2,1-2H3;1H. The Kier molecular flexibility index (Phi) is 7.07. The second-order valence-corrected chi connectivity index (χ2v) is 9.27. The number of ether oxygens (including phenoxy) is 1. The number of thioether (sulfide) groups is 1. The van der Waals surface area contributed by atoms with Crippen LogP contribution in [-0.2, 0) is 4.74 Å². The van der Waals surface area contributed by atoms with Crippen molar-refractivity contribution in [2.45, 2.75) is 0 Å². The van der Waals surface area contributed by atoms with Gasteiger partial charge in [0.15, 0.2) is 0 Å². The summed E-state index contributed by atoms with van der Waals surface area (Å²) in [7, 11) is 4.06. The molecule has 0 spiro atoms. The molecule has 2 aliphatic rings. The Balaban J connectivity index is 0.00000225. The molecule has 0 bridgehead atoms. The van der Waals surface area contributed by atoms with E-state index in [0.29, 0.717) is 18.2 Å². The largest absolute Gasteiger partial charge is 0.375 e. The molecule has 2 nitrogen and oxygen atoms in total. The molecule has 0 saturated heterocycles. The minimum atomic E-state index is -0.306. The average molecular weight is 456 g/mol. The van der Waals surface area contributed by atoms with Crippen molar-refractivity contribution >= 4 is 68.2 Å². The topological polar surface area (TPSA) is 12.5 Å². The van der Waals surface area contributed by atoms with Crippen molar-refractivity contribution in [3.63, 3.8) is 0 Å². The van der Waals surface area contributed by atoms with Gasteiger partial charge in [-0.05, 0) is 44.0 Å². The molecule has 0 amide bonds. The third kappa shape index (κ3) is 4.40. The lowest BCUT2D eigenvalue weighted by molar-refractivity contribution is 0.140. The highest BCUT2D eigenvalue weighted by Gasteiger charge is 2.18. The van der Waals surface area contributed by atoms with Crippen LogP contribution in [0.25, 0.3) is 21.1 Å². The van der Waals surface area contributed by atoms with Crippen molar-refractivity contribution in [2.75, 3.05) is 33.9 Å². The molecule has 4 rings (SSSR count). The first kappa shape index (κ1) is 21.6. The lowest BCUT2D eigenvalue weighted by Gasteiger charge is -2.16. The molecule has 2 aromatic rings. The zero-order valence-corrected chi connectivity index (χ0v) is 18.7. The minimum absolute atomic E-state index is 0. The van der Waals surface area contributed by atoms with Gasteiger partial charge >= 0.3 is 0 Å². The number of rotatable bonds is 5. The van der Waals surface area contributed by atoms with Gasteiger partial charge in [-0.2, -0.15) is 0 Å². The molecule has 148 valence electrons. The predicted molar refractivity (Wildman–Crippen MR) is 123 cm³/mol. The Morgan fingerprint density at radius 2 is 2.00 bits per heavy atom. The van der Waals surface area contributed by atoms with Crippen LogP contribution in [0.4, 0.5) is 4.39 Å². The Bertz CT molecular complexity index is 1120. The maximum atomic E-state index is 14.0. The number of halogens is 3. The van der Waals surface area contributed by atoms with Crippen molar-refractivity contribution in [3.05, 3.63) is 67.5 Å². The number of allylic oxidation sites excluding steroid dienone is 4. The van der Waals surface area contributed by atoms with E-state index >= 15 is 0 Å². The van der Waals surface area contributed by atoms with E-state index in [1.54, 1.807) is 29.2 Å². The van der Waals surface area contributed by atoms with Crippen LogP contribution >= 0.6 is 47.1 Å². The number of hydrogen-bond acceptors (Lipinski definition) is 4. The molecule has 0 N–H and O–H groups in total. The highest BCUT2D eigenvalue weighted by atomic mass is 35.5. The molecule has 1 aliphatic heterocycles. The first-order valence-corrected chi connectivity index (χ1v) is 10.7. The van der Waals surface area contributed by atoms with Crippen LogP contribution in [0, 0.1) is 5.82 Å². The molecule has 0 atom stereocenters. The molecule has 0 unspecified atom stereocenters. The van der Waals surface area contributed by atoms with Gasteiger partial charge in [0, 0.05) is 31.5 Å². The molecule has 0 saturated carbocycles. The summed E-state index contributed by atoms with van der Waals surface area (Å²) in [4.78, 5) is 4.38. The van der Waals surface area contributed by atoms with Gasteiger partial charge in [0.2, 0.25) is 0 Å². The highest BCUT2D eigenvalue weighted by molar-refractivity contribution is 8.11. The first-order valence-electron chi connectivity index (χ1n) is 8.65. The lowest BCUT2D eigenvalue weighted by Crippen LogP contribution is -2.22. The number of thiophene rings is 1. The summed E-state index contributed by atoms with van der Waals surface area (Å²) in [6.07, 6.45) is 10.4. The average Bonchev–Trinajstić information content (AvgIpc) is 2.88. The molecule has 2 heterocycles. The minimum Gasteiger partial charge on any atom is -0.375 e. The van der Waals surface area contributed by atoms with Crippen LogP contribution in [0.1, 0.15) is 0 Å². The van der Waals surface area contributed by atoms with E-state index in [2.05, 4.69) is 29.2 Å². The number of benzene rings is 1. The molecule has 1 aromatic carbocycles. The Hall–Kier alpha value is -1.08. The fraction of sp³-hybridized carbons (Fsp3) is 0.238. The lowest BCUT2D eigenvalue weighted by atomic mass is 10.1. The quantitative estimate of drug-likeness (QED) is 0.605. The molecule has 0 fully saturated rings. The van der Waals surface area contributed by atoms with E-state index in [9.17, 15) is 4.39 Å². The zero-order valence-electron chi connectivity index (χ0n) is 15.5. The summed E-state index contributed by atoms with van der Waals surface area (Å²) in [6, 6.07) is 2.97. The number of fused-ring (bicyclic) bond motifs is 4. The van der Waals surface area contributed by atoms with Crippen molar-refractivity contribution in [1.82, 2.24) is 4.90 Å². The van der Waals surface area contributed by atoms with Gasteiger partial charge in [0.05, 0.1) is 22.9 Å². The van der Waals surface area contributed by atoms with Gasteiger partial charge in [-0.3, -0.25) is 0 Å². The number of nitrogens with zero attached hydrogens (tertiary/aromatic N) is 1. The molecular formula is C21H20Cl2FNOS2. The smallest absolute Gasteiger partial charge is 0.125 e. The van der Waals surface area contributed by atoms with E-state index in [-0.39, 0.29) is 18.2 Å². The predicted octanol–water partition coefficient (Wildman–Crippen LogP) is 4.71. The molecule has 7 heteroatoms. The maximum Gasteiger partial charge on any atom is 0.125 e. The van der Waals surface area contributed by atoms with Crippen LogP contribution in [0.15, 0.2) is 46.9 Å². The van der Waals surface area contributed by atoms with Gasteiger partial charge in [-0.15, -0.1) is 23.7 Å². The normalized spacial score (nSPS) is 15.4. The summed E-state index contributed by atoms with van der Waals surface area (Å²) in [5, 5.41) is 2.41. The Labute approximate surface area is 183 Å². The fourth-order valence-corrected chi connectivity index (χ4v) is 5.65. The number of hydrogen-bond donors (Lipinski definition) is 0. The summed E-state index contributed by atoms with van der Waals surface area (Å²) < 4.78 is 21.9. The second-order valence-electron chi connectivity index (χ2n) is 6.67. The van der Waals surface area contributed by atoms with Crippen LogP contribution in [0.5, 0.6) is 0 Å². The van der Waals surface area contributed by atoms with Crippen LogP contribution in [-0.4, -0.2) is 38.8 Å². The summed E-state index contributed by atoms with van der Waals surface area (Å²) in [5.74, 6) is -0.306. The number of likely N-dealkylation sites (N-methyl/N-ethyl adjacent to an activating group) is 1. The van der Waals surface area contributed by atoms with Gasteiger partial charge in [-0.25, -0.2) is 4.39 Å². The van der Waals surface area contributed by atoms with E-state index in [4.69, 9.17) is 16.3 Å². The zero-order chi connectivity index (χ0) is 19.0. The monoisotopic (exact) mass is 455 g/mol. The fourth-order valence-electron chi connectivity index (χ4n) is 3.04. The van der Waals surface area contributed by atoms with Crippen molar-refractivity contribution < 1.29 is 9.13 Å². The van der Waals surface area contributed by atoms with Gasteiger partial charge in [-0.1, -0.05) is 41.6 Å². The van der Waals surface area contributed by atoms with Crippen LogP contribution in [0.2, 0.25) is 5.02 Å². The van der Waals surface area contributed by atoms with Crippen LogP contribution < -0.4 is 9.75 Å². The van der Waals surface area contributed by atoms with Gasteiger partial charge in [0.25, 0.3) is 0 Å². The molecule has 1 aromatic heterocycles. The SMILES string of the molecule is CN(C)CCOCC1=CC=C2C=CC=c3sc4c(Cl)cc(F)cc4c3=C2S1.Cl. The van der Waals surface area contributed by atoms with Gasteiger partial charge < -0.3 is 9.64 Å². The van der Waals surface area contributed by atoms with Gasteiger partial charge in [0.1, 0.15) is 5.82 Å². The third-order valence-corrected chi connectivity index (χ3v) is 7.13. The molecule has 28 heavy (non-hydrogen) atoms.